The number of nitrogens with one attached hydrogen (secondary N) is 2. The van der Waals surface area contributed by atoms with Gasteiger partial charge in [0.25, 0.3) is 5.91 Å². The Balaban J connectivity index is 1.79. The molecule has 5 heteroatoms. The van der Waals surface area contributed by atoms with E-state index < -0.39 is 0 Å². The first-order valence-corrected chi connectivity index (χ1v) is 8.42. The minimum Gasteiger partial charge on any atom is -0.374 e. The van der Waals surface area contributed by atoms with Crippen molar-refractivity contribution in [2.45, 2.75) is 26.5 Å². The van der Waals surface area contributed by atoms with Crippen molar-refractivity contribution in [3.63, 3.8) is 0 Å². The van der Waals surface area contributed by atoms with E-state index in [0.29, 0.717) is 12.5 Å². The van der Waals surface area contributed by atoms with Crippen LogP contribution in [0.2, 0.25) is 0 Å². The molecule has 1 fully saturated rings. The molecular formula is C18H29N3O2. The summed E-state index contributed by atoms with van der Waals surface area (Å²) in [7, 11) is 2.12. The van der Waals surface area contributed by atoms with E-state index in [-0.39, 0.29) is 12.0 Å². The molecule has 2 rings (SSSR count). The summed E-state index contributed by atoms with van der Waals surface area (Å²) in [6.07, 6.45) is 0.242. The molecule has 1 saturated heterocycles. The fraction of sp³-hybridized carbons (Fsp3) is 0.611. The number of ether oxygens (including phenoxy) is 1. The molecule has 1 aromatic carbocycles. The van der Waals surface area contributed by atoms with Gasteiger partial charge in [-0.15, -0.1) is 0 Å². The van der Waals surface area contributed by atoms with Gasteiger partial charge in [0.1, 0.15) is 0 Å². The first-order chi connectivity index (χ1) is 11.0. The first-order valence-electron chi connectivity index (χ1n) is 8.42. The summed E-state index contributed by atoms with van der Waals surface area (Å²) in [5.41, 5.74) is 1.84. The molecule has 0 unspecified atom stereocenters. The van der Waals surface area contributed by atoms with Crippen LogP contribution in [0.25, 0.3) is 0 Å². The molecule has 1 aliphatic heterocycles. The van der Waals surface area contributed by atoms with E-state index in [2.05, 4.69) is 36.4 Å². The van der Waals surface area contributed by atoms with Crippen LogP contribution in [-0.4, -0.2) is 56.7 Å². The van der Waals surface area contributed by atoms with Gasteiger partial charge < -0.3 is 20.3 Å². The monoisotopic (exact) mass is 319 g/mol. The van der Waals surface area contributed by atoms with Gasteiger partial charge in [0.05, 0.1) is 12.7 Å². The number of carbonyl (C=O) groups excluding carboxylic acids is 1. The van der Waals surface area contributed by atoms with Crippen LogP contribution < -0.4 is 10.6 Å². The standard InChI is InChI=1S/C18H29N3O2/c1-14(2)10-20-18(22)16-6-4-5-15(9-16)11-19-12-17-13-21(3)7-8-23-17/h4-6,9,14,17,19H,7-8,10-13H2,1-3H3,(H,20,22)/t17-/m0/s1. The number of hydrogen-bond donors (Lipinski definition) is 2. The van der Waals surface area contributed by atoms with Crippen LogP contribution in [-0.2, 0) is 11.3 Å². The van der Waals surface area contributed by atoms with Crippen LogP contribution in [0.3, 0.4) is 0 Å². The Morgan fingerprint density at radius 2 is 2.26 bits per heavy atom. The first kappa shape index (κ1) is 17.9. The zero-order valence-electron chi connectivity index (χ0n) is 14.5. The van der Waals surface area contributed by atoms with Gasteiger partial charge in [-0.05, 0) is 30.7 Å². The Labute approximate surface area is 139 Å². The second-order valence-corrected chi connectivity index (χ2v) is 6.69. The third-order valence-corrected chi connectivity index (χ3v) is 3.90. The highest BCUT2D eigenvalue weighted by atomic mass is 16.5. The second kappa shape index (κ2) is 9.01. The van der Waals surface area contributed by atoms with Crippen molar-refractivity contribution in [2.24, 2.45) is 5.92 Å². The molecule has 0 bridgehead atoms. The molecule has 1 atom stereocenters. The summed E-state index contributed by atoms with van der Waals surface area (Å²) >= 11 is 0. The van der Waals surface area contributed by atoms with E-state index in [9.17, 15) is 4.79 Å². The van der Waals surface area contributed by atoms with Gasteiger partial charge in [-0.2, -0.15) is 0 Å². The quantitative estimate of drug-likeness (QED) is 0.799. The van der Waals surface area contributed by atoms with Crippen LogP contribution >= 0.6 is 0 Å². The summed E-state index contributed by atoms with van der Waals surface area (Å²) in [4.78, 5) is 14.4. The lowest BCUT2D eigenvalue weighted by Gasteiger charge is -2.30. The van der Waals surface area contributed by atoms with Crippen molar-refractivity contribution in [3.8, 4) is 0 Å². The highest BCUT2D eigenvalue weighted by Gasteiger charge is 2.16. The number of hydrogen-bond acceptors (Lipinski definition) is 4. The van der Waals surface area contributed by atoms with E-state index in [4.69, 9.17) is 4.74 Å². The molecule has 0 saturated carbocycles. The molecule has 1 aliphatic rings. The van der Waals surface area contributed by atoms with E-state index in [1.807, 2.05) is 24.3 Å². The SMILES string of the molecule is CC(C)CNC(=O)c1cccc(CNC[C@H]2CN(C)CCO2)c1. The van der Waals surface area contributed by atoms with Crippen molar-refractivity contribution in [1.82, 2.24) is 15.5 Å². The largest absolute Gasteiger partial charge is 0.374 e. The minimum atomic E-state index is -0.00205. The molecular weight excluding hydrogens is 290 g/mol. The summed E-state index contributed by atoms with van der Waals surface area (Å²) in [5, 5.41) is 6.38. The number of amides is 1. The van der Waals surface area contributed by atoms with Crippen LogP contribution in [0, 0.1) is 5.92 Å². The van der Waals surface area contributed by atoms with Gasteiger partial charge in [-0.1, -0.05) is 26.0 Å². The maximum atomic E-state index is 12.1. The maximum Gasteiger partial charge on any atom is 0.251 e. The van der Waals surface area contributed by atoms with Crippen molar-refractivity contribution in [3.05, 3.63) is 35.4 Å². The lowest BCUT2D eigenvalue weighted by Crippen LogP contribution is -2.44. The van der Waals surface area contributed by atoms with Gasteiger partial charge in [0.2, 0.25) is 0 Å². The third-order valence-electron chi connectivity index (χ3n) is 3.90. The third kappa shape index (κ3) is 6.29. The minimum absolute atomic E-state index is 0.00205. The maximum absolute atomic E-state index is 12.1. The fourth-order valence-corrected chi connectivity index (χ4v) is 2.59. The highest BCUT2D eigenvalue weighted by molar-refractivity contribution is 5.94. The Kier molecular flexibility index (Phi) is 7.02. The Hall–Kier alpha value is -1.43. The van der Waals surface area contributed by atoms with Crippen molar-refractivity contribution in [1.29, 1.82) is 0 Å². The van der Waals surface area contributed by atoms with Gasteiger partial charge >= 0.3 is 0 Å². The van der Waals surface area contributed by atoms with E-state index in [1.54, 1.807) is 0 Å². The molecule has 0 spiro atoms. The van der Waals surface area contributed by atoms with Crippen molar-refractivity contribution < 1.29 is 9.53 Å². The number of rotatable bonds is 7. The van der Waals surface area contributed by atoms with Crippen LogP contribution in [0.4, 0.5) is 0 Å². The lowest BCUT2D eigenvalue weighted by molar-refractivity contribution is -0.0182. The normalized spacial score (nSPS) is 19.0. The smallest absolute Gasteiger partial charge is 0.251 e. The van der Waals surface area contributed by atoms with Gasteiger partial charge in [0, 0.05) is 38.3 Å². The summed E-state index contributed by atoms with van der Waals surface area (Å²) in [6, 6.07) is 7.79. The lowest BCUT2D eigenvalue weighted by atomic mass is 10.1. The van der Waals surface area contributed by atoms with Gasteiger partial charge in [0.15, 0.2) is 0 Å². The predicted molar refractivity (Wildman–Crippen MR) is 92.6 cm³/mol. The van der Waals surface area contributed by atoms with Gasteiger partial charge in [-0.25, -0.2) is 0 Å². The molecule has 128 valence electrons. The summed E-state index contributed by atoms with van der Waals surface area (Å²) < 4.78 is 5.73. The zero-order valence-corrected chi connectivity index (χ0v) is 14.5. The second-order valence-electron chi connectivity index (χ2n) is 6.69. The molecule has 1 amide bonds. The fourth-order valence-electron chi connectivity index (χ4n) is 2.59. The van der Waals surface area contributed by atoms with E-state index in [0.717, 1.165) is 43.9 Å². The molecule has 1 heterocycles. The number of benzene rings is 1. The molecule has 0 radical (unpaired) electrons. The molecule has 2 N–H and O–H groups in total. The van der Waals surface area contributed by atoms with Crippen molar-refractivity contribution >= 4 is 5.91 Å². The van der Waals surface area contributed by atoms with Crippen LogP contribution in [0.15, 0.2) is 24.3 Å². The topological polar surface area (TPSA) is 53.6 Å². The number of carbonyl (C=O) groups is 1. The Morgan fingerprint density at radius 3 is 3.00 bits per heavy atom. The summed E-state index contributed by atoms with van der Waals surface area (Å²) in [5.74, 6) is 0.454. The molecule has 0 aromatic heterocycles. The highest BCUT2D eigenvalue weighted by Crippen LogP contribution is 2.07. The molecule has 23 heavy (non-hydrogen) atoms. The molecule has 5 nitrogen and oxygen atoms in total. The average Bonchev–Trinajstić information content (AvgIpc) is 2.53. The van der Waals surface area contributed by atoms with Crippen LogP contribution in [0.5, 0.6) is 0 Å². The van der Waals surface area contributed by atoms with Crippen LogP contribution in [0.1, 0.15) is 29.8 Å². The average molecular weight is 319 g/mol. The van der Waals surface area contributed by atoms with Gasteiger partial charge in [-0.3, -0.25) is 4.79 Å². The number of nitrogens with zero attached hydrogens (tertiary/aromatic N) is 1. The number of morpholine rings is 1. The predicted octanol–water partition coefficient (Wildman–Crippen LogP) is 1.49. The van der Waals surface area contributed by atoms with Crippen molar-refractivity contribution in [2.75, 3.05) is 39.8 Å². The summed E-state index contributed by atoms with van der Waals surface area (Å²) in [6.45, 7) is 9.22. The zero-order chi connectivity index (χ0) is 16.7. The van der Waals surface area contributed by atoms with E-state index >= 15 is 0 Å². The van der Waals surface area contributed by atoms with E-state index in [1.165, 1.54) is 0 Å². The molecule has 1 aromatic rings. The Bertz CT molecular complexity index is 505. The Morgan fingerprint density at radius 1 is 1.43 bits per heavy atom. The molecule has 0 aliphatic carbocycles. The number of likely N-dealkylation sites (N-methyl/N-ethyl adjacent to an activating group) is 1.